The molecule has 4 rings (SSSR count). The highest BCUT2D eigenvalue weighted by Gasteiger charge is 2.58. The Morgan fingerprint density at radius 1 is 0.958 bits per heavy atom. The van der Waals surface area contributed by atoms with Crippen LogP contribution in [0.5, 0.6) is 0 Å². The summed E-state index contributed by atoms with van der Waals surface area (Å²) in [5, 5.41) is 0. The lowest BCUT2D eigenvalue weighted by molar-refractivity contribution is -0.118. The first-order valence-corrected chi connectivity index (χ1v) is 11.2. The summed E-state index contributed by atoms with van der Waals surface area (Å²) in [6.07, 6.45) is 11.8. The Labute approximate surface area is 146 Å². The fraction of sp³-hybridized carbons (Fsp3) is 1.00. The van der Waals surface area contributed by atoms with Crippen LogP contribution in [0.4, 0.5) is 0 Å². The molecule has 4 fully saturated rings. The van der Waals surface area contributed by atoms with Crippen LogP contribution in [0.2, 0.25) is 0 Å². The molecule has 4 nitrogen and oxygen atoms in total. The van der Waals surface area contributed by atoms with Gasteiger partial charge in [0, 0.05) is 0 Å². The third-order valence-corrected chi connectivity index (χ3v) is 9.17. The number of hydrogen-bond acceptors (Lipinski definition) is 3. The third-order valence-electron chi connectivity index (χ3n) is 8.66. The van der Waals surface area contributed by atoms with Crippen LogP contribution in [-0.2, 0) is 14.6 Å². The van der Waals surface area contributed by atoms with Crippen LogP contribution >= 0.6 is 0 Å². The molecule has 0 aromatic heterocycles. The highest BCUT2D eigenvalue weighted by Crippen LogP contribution is 2.66. The van der Waals surface area contributed by atoms with E-state index in [1.807, 2.05) is 0 Å². The van der Waals surface area contributed by atoms with Crippen LogP contribution in [0.1, 0.15) is 78.1 Å². The fourth-order valence-corrected chi connectivity index (χ4v) is 7.99. The molecule has 1 N–H and O–H groups in total. The Morgan fingerprint density at radius 3 is 2.50 bits per heavy atom. The zero-order valence-electron chi connectivity index (χ0n) is 15.0. The first-order valence-electron chi connectivity index (χ1n) is 9.87. The average Bonchev–Trinajstić information content (AvgIpc) is 2.88. The zero-order chi connectivity index (χ0) is 17.2. The molecule has 0 aromatic rings. The molecule has 4 aliphatic rings. The van der Waals surface area contributed by atoms with Gasteiger partial charge in [-0.2, -0.15) is 8.42 Å². The van der Waals surface area contributed by atoms with Crippen molar-refractivity contribution in [1.82, 2.24) is 0 Å². The highest BCUT2D eigenvalue weighted by atomic mass is 32.3. The second-order valence-electron chi connectivity index (χ2n) is 9.66. The number of hydrogen-bond donors (Lipinski definition) is 1. The largest absolute Gasteiger partial charge is 0.397 e. The molecular weight excluding hydrogens is 324 g/mol. The van der Waals surface area contributed by atoms with Gasteiger partial charge in [-0.1, -0.05) is 20.3 Å². The monoisotopic (exact) mass is 356 g/mol. The molecule has 0 amide bonds. The topological polar surface area (TPSA) is 63.6 Å². The Hall–Kier alpha value is -0.130. The van der Waals surface area contributed by atoms with Crippen molar-refractivity contribution >= 4 is 10.4 Å². The Balaban J connectivity index is 1.52. The SMILES string of the molecule is C[C@@]12CCC[C@H]1[C@@H]1CC[C@@H]3C[C@H](OS(=O)(=O)O)CC[C@]3(C)[C@H]1CC2. The molecule has 7 atom stereocenters. The molecule has 0 aliphatic heterocycles. The van der Waals surface area contributed by atoms with Crippen molar-refractivity contribution in [2.75, 3.05) is 0 Å². The van der Waals surface area contributed by atoms with Gasteiger partial charge in [-0.3, -0.25) is 4.55 Å². The zero-order valence-corrected chi connectivity index (χ0v) is 15.9. The summed E-state index contributed by atoms with van der Waals surface area (Å²) in [5.41, 5.74) is 0.932. The van der Waals surface area contributed by atoms with E-state index in [1.54, 1.807) is 0 Å². The lowest BCUT2D eigenvalue weighted by Gasteiger charge is -2.60. The molecule has 0 saturated heterocycles. The van der Waals surface area contributed by atoms with Crippen LogP contribution in [0.15, 0.2) is 0 Å². The smallest absolute Gasteiger partial charge is 0.264 e. The molecule has 5 heteroatoms. The summed E-state index contributed by atoms with van der Waals surface area (Å²) >= 11 is 0. The normalized spacial score (nSPS) is 51.5. The molecule has 0 heterocycles. The van der Waals surface area contributed by atoms with E-state index in [1.165, 1.54) is 44.9 Å². The van der Waals surface area contributed by atoms with Crippen molar-refractivity contribution in [3.05, 3.63) is 0 Å². The summed E-state index contributed by atoms with van der Waals surface area (Å²) < 4.78 is 36.0. The van der Waals surface area contributed by atoms with Crippen LogP contribution in [0.25, 0.3) is 0 Å². The van der Waals surface area contributed by atoms with Gasteiger partial charge < -0.3 is 0 Å². The lowest BCUT2D eigenvalue weighted by atomic mass is 9.45. The summed E-state index contributed by atoms with van der Waals surface area (Å²) in [6.45, 7) is 5.00. The van der Waals surface area contributed by atoms with E-state index in [2.05, 4.69) is 13.8 Å². The van der Waals surface area contributed by atoms with Crippen LogP contribution in [0, 0.1) is 34.5 Å². The van der Waals surface area contributed by atoms with Crippen molar-refractivity contribution in [1.29, 1.82) is 0 Å². The predicted molar refractivity (Wildman–Crippen MR) is 92.8 cm³/mol. The molecule has 0 aromatic carbocycles. The first kappa shape index (κ1) is 17.3. The molecule has 0 spiro atoms. The quantitative estimate of drug-likeness (QED) is 0.734. The van der Waals surface area contributed by atoms with Crippen molar-refractivity contribution < 1.29 is 17.2 Å². The molecule has 0 radical (unpaired) electrons. The van der Waals surface area contributed by atoms with E-state index < -0.39 is 10.4 Å². The minimum absolute atomic E-state index is 0.324. The van der Waals surface area contributed by atoms with Gasteiger partial charge in [-0.25, -0.2) is 4.18 Å². The Bertz CT molecular complexity index is 602. The molecule has 0 bridgehead atoms. The van der Waals surface area contributed by atoms with Crippen LogP contribution < -0.4 is 0 Å². The van der Waals surface area contributed by atoms with Crippen LogP contribution in [0.3, 0.4) is 0 Å². The van der Waals surface area contributed by atoms with Gasteiger partial charge in [0.25, 0.3) is 0 Å². The van der Waals surface area contributed by atoms with E-state index in [-0.39, 0.29) is 6.10 Å². The van der Waals surface area contributed by atoms with Gasteiger partial charge >= 0.3 is 10.4 Å². The molecule has 138 valence electrons. The Morgan fingerprint density at radius 2 is 1.75 bits per heavy atom. The van der Waals surface area contributed by atoms with Gasteiger partial charge in [-0.05, 0) is 92.3 Å². The van der Waals surface area contributed by atoms with Crippen molar-refractivity contribution in [2.45, 2.75) is 84.2 Å². The number of fused-ring (bicyclic) bond motifs is 5. The van der Waals surface area contributed by atoms with Crippen molar-refractivity contribution in [2.24, 2.45) is 34.5 Å². The van der Waals surface area contributed by atoms with Gasteiger partial charge in [0.1, 0.15) is 0 Å². The minimum Gasteiger partial charge on any atom is -0.264 e. The maximum atomic E-state index is 11.1. The maximum Gasteiger partial charge on any atom is 0.397 e. The summed E-state index contributed by atoms with van der Waals surface area (Å²) in [4.78, 5) is 0. The summed E-state index contributed by atoms with van der Waals surface area (Å²) in [6, 6.07) is 0. The van der Waals surface area contributed by atoms with Gasteiger partial charge in [0.15, 0.2) is 0 Å². The Kier molecular flexibility index (Phi) is 4.10. The first-order chi connectivity index (χ1) is 11.2. The molecule has 24 heavy (non-hydrogen) atoms. The summed E-state index contributed by atoms with van der Waals surface area (Å²) in [5.74, 6) is 3.15. The van der Waals surface area contributed by atoms with Crippen LogP contribution in [-0.4, -0.2) is 19.1 Å². The predicted octanol–water partition coefficient (Wildman–Crippen LogP) is 4.61. The van der Waals surface area contributed by atoms with Crippen molar-refractivity contribution in [3.63, 3.8) is 0 Å². The lowest BCUT2D eigenvalue weighted by Crippen LogP contribution is -2.53. The number of rotatable bonds is 2. The van der Waals surface area contributed by atoms with E-state index in [0.29, 0.717) is 16.7 Å². The minimum atomic E-state index is -4.32. The standard InChI is InChI=1S/C19H32O4S/c1-18-9-3-4-16(18)15-6-5-13-12-14(23-24(20,21)22)7-11-19(13,2)17(15)8-10-18/h13-17H,3-12H2,1-2H3,(H,20,21,22)/t13-,14-,15+,16+,17+,18+,19+/m1/s1. The fourth-order valence-electron chi connectivity index (χ4n) is 7.47. The highest BCUT2D eigenvalue weighted by molar-refractivity contribution is 7.80. The van der Waals surface area contributed by atoms with Gasteiger partial charge in [-0.15, -0.1) is 0 Å². The van der Waals surface area contributed by atoms with E-state index in [9.17, 15) is 8.42 Å². The maximum absolute atomic E-state index is 11.1. The molecule has 4 aliphatic carbocycles. The molecule has 0 unspecified atom stereocenters. The average molecular weight is 357 g/mol. The van der Waals surface area contributed by atoms with Gasteiger partial charge in [0.05, 0.1) is 6.10 Å². The van der Waals surface area contributed by atoms with E-state index in [0.717, 1.165) is 37.0 Å². The second-order valence-corrected chi connectivity index (χ2v) is 10.7. The van der Waals surface area contributed by atoms with E-state index >= 15 is 0 Å². The van der Waals surface area contributed by atoms with Gasteiger partial charge in [0.2, 0.25) is 0 Å². The molecular formula is C19H32O4S. The van der Waals surface area contributed by atoms with Crippen molar-refractivity contribution in [3.8, 4) is 0 Å². The third kappa shape index (κ3) is 2.75. The molecule has 4 saturated carbocycles. The van der Waals surface area contributed by atoms with E-state index in [4.69, 9.17) is 8.74 Å². The summed E-state index contributed by atoms with van der Waals surface area (Å²) in [7, 11) is -4.32. The second kappa shape index (κ2) is 5.68.